The van der Waals surface area contributed by atoms with E-state index >= 15 is 0 Å². The van der Waals surface area contributed by atoms with Crippen molar-refractivity contribution in [1.29, 1.82) is 0 Å². The number of nitrogens with one attached hydrogen (secondary N) is 2. The van der Waals surface area contributed by atoms with E-state index in [1.54, 1.807) is 7.11 Å². The first-order valence-electron chi connectivity index (χ1n) is 5.96. The zero-order valence-electron chi connectivity index (χ0n) is 11.0. The van der Waals surface area contributed by atoms with Crippen molar-refractivity contribution in [3.63, 3.8) is 0 Å². The lowest BCUT2D eigenvalue weighted by Crippen LogP contribution is -2.04. The summed E-state index contributed by atoms with van der Waals surface area (Å²) in [6.45, 7) is 6.22. The average Bonchev–Trinajstić information content (AvgIpc) is 2.93. The van der Waals surface area contributed by atoms with Crippen LogP contribution in [0.15, 0.2) is 12.4 Å². The van der Waals surface area contributed by atoms with Gasteiger partial charge in [-0.3, -0.25) is 9.78 Å². The molecule has 0 unspecified atom stereocenters. The molecule has 0 aliphatic rings. The molecular weight excluding hydrogens is 230 g/mol. The summed E-state index contributed by atoms with van der Waals surface area (Å²) in [5, 5.41) is 14.7. The first-order valence-corrected chi connectivity index (χ1v) is 5.96. The van der Waals surface area contributed by atoms with E-state index in [4.69, 9.17) is 4.74 Å². The molecule has 18 heavy (non-hydrogen) atoms. The van der Waals surface area contributed by atoms with Gasteiger partial charge in [-0.05, 0) is 13.8 Å². The van der Waals surface area contributed by atoms with Crippen LogP contribution in [0.4, 0.5) is 5.69 Å². The summed E-state index contributed by atoms with van der Waals surface area (Å²) in [6, 6.07) is 0. The van der Waals surface area contributed by atoms with Gasteiger partial charge in [-0.25, -0.2) is 0 Å². The molecule has 0 spiro atoms. The lowest BCUT2D eigenvalue weighted by Gasteiger charge is -2.03. The molecular formula is C12H19N5O. The maximum Gasteiger partial charge on any atom is 0.0729 e. The van der Waals surface area contributed by atoms with Crippen LogP contribution < -0.4 is 5.32 Å². The van der Waals surface area contributed by atoms with Gasteiger partial charge in [0.2, 0.25) is 0 Å². The molecule has 2 aromatic heterocycles. The Balaban J connectivity index is 1.92. The number of ether oxygens (including phenoxy) is 1. The molecule has 2 aromatic rings. The number of anilines is 1. The predicted molar refractivity (Wildman–Crippen MR) is 69.5 cm³/mol. The van der Waals surface area contributed by atoms with Crippen molar-refractivity contribution in [1.82, 2.24) is 20.0 Å². The Kier molecular flexibility index (Phi) is 3.99. The van der Waals surface area contributed by atoms with E-state index in [0.29, 0.717) is 6.61 Å². The zero-order chi connectivity index (χ0) is 13.0. The molecule has 6 nitrogen and oxygen atoms in total. The third kappa shape index (κ3) is 2.89. The number of rotatable bonds is 6. The van der Waals surface area contributed by atoms with Crippen molar-refractivity contribution in [2.24, 2.45) is 0 Å². The number of methoxy groups -OCH3 is 1. The third-order valence-electron chi connectivity index (χ3n) is 2.91. The Hall–Kier alpha value is -1.82. The summed E-state index contributed by atoms with van der Waals surface area (Å²) in [5.41, 5.74) is 4.35. The van der Waals surface area contributed by atoms with Crippen LogP contribution in [0.1, 0.15) is 17.0 Å². The van der Waals surface area contributed by atoms with Crippen LogP contribution >= 0.6 is 0 Å². The van der Waals surface area contributed by atoms with E-state index in [9.17, 15) is 0 Å². The zero-order valence-corrected chi connectivity index (χ0v) is 11.0. The van der Waals surface area contributed by atoms with Crippen molar-refractivity contribution in [2.45, 2.75) is 26.9 Å². The number of H-pyrrole nitrogens is 1. The van der Waals surface area contributed by atoms with Crippen LogP contribution in [0.25, 0.3) is 0 Å². The van der Waals surface area contributed by atoms with Gasteiger partial charge in [0.15, 0.2) is 0 Å². The van der Waals surface area contributed by atoms with E-state index in [0.717, 1.165) is 30.2 Å². The van der Waals surface area contributed by atoms with Crippen molar-refractivity contribution in [3.8, 4) is 0 Å². The van der Waals surface area contributed by atoms with Gasteiger partial charge in [-0.1, -0.05) is 0 Å². The van der Waals surface area contributed by atoms with Crippen LogP contribution in [0.2, 0.25) is 0 Å². The normalized spacial score (nSPS) is 10.8. The second-order valence-corrected chi connectivity index (χ2v) is 4.25. The van der Waals surface area contributed by atoms with Crippen LogP contribution in [-0.2, 0) is 17.8 Å². The molecule has 0 atom stereocenters. The number of hydrogen-bond donors (Lipinski definition) is 2. The highest BCUT2D eigenvalue weighted by Crippen LogP contribution is 2.12. The van der Waals surface area contributed by atoms with Gasteiger partial charge in [-0.2, -0.15) is 10.2 Å². The SMILES string of the molecule is COCCn1cc(NCc2c(C)n[nH]c2C)cn1. The highest BCUT2D eigenvalue weighted by atomic mass is 16.5. The predicted octanol–water partition coefficient (Wildman–Crippen LogP) is 1.48. The van der Waals surface area contributed by atoms with E-state index in [1.165, 1.54) is 5.56 Å². The first-order chi connectivity index (χ1) is 8.70. The minimum Gasteiger partial charge on any atom is -0.383 e. The summed E-state index contributed by atoms with van der Waals surface area (Å²) in [5.74, 6) is 0. The lowest BCUT2D eigenvalue weighted by atomic mass is 10.2. The molecule has 6 heteroatoms. The Bertz CT molecular complexity index is 483. The summed E-state index contributed by atoms with van der Waals surface area (Å²) in [6.07, 6.45) is 3.80. The van der Waals surface area contributed by atoms with Crippen molar-refractivity contribution >= 4 is 5.69 Å². The van der Waals surface area contributed by atoms with Gasteiger partial charge in [0.05, 0.1) is 30.7 Å². The monoisotopic (exact) mass is 249 g/mol. The van der Waals surface area contributed by atoms with Crippen molar-refractivity contribution in [2.75, 3.05) is 19.0 Å². The fourth-order valence-corrected chi connectivity index (χ4v) is 1.79. The lowest BCUT2D eigenvalue weighted by molar-refractivity contribution is 0.183. The molecule has 2 heterocycles. The smallest absolute Gasteiger partial charge is 0.0729 e. The van der Waals surface area contributed by atoms with Gasteiger partial charge in [0, 0.05) is 31.1 Å². The molecule has 98 valence electrons. The number of aromatic nitrogens is 4. The molecule has 0 fully saturated rings. The van der Waals surface area contributed by atoms with Crippen molar-refractivity contribution in [3.05, 3.63) is 29.3 Å². The quantitative estimate of drug-likeness (QED) is 0.813. The number of hydrogen-bond acceptors (Lipinski definition) is 4. The van der Waals surface area contributed by atoms with E-state index < -0.39 is 0 Å². The summed E-state index contributed by atoms with van der Waals surface area (Å²) < 4.78 is 6.87. The molecule has 0 aromatic carbocycles. The van der Waals surface area contributed by atoms with Gasteiger partial charge >= 0.3 is 0 Å². The Morgan fingerprint density at radius 2 is 2.28 bits per heavy atom. The van der Waals surface area contributed by atoms with Gasteiger partial charge < -0.3 is 10.1 Å². The Labute approximate surface area is 106 Å². The van der Waals surface area contributed by atoms with Crippen LogP contribution in [0.5, 0.6) is 0 Å². The maximum atomic E-state index is 5.01. The van der Waals surface area contributed by atoms with E-state index in [2.05, 4.69) is 20.6 Å². The standard InChI is InChI=1S/C12H19N5O/c1-9-12(10(2)16-15-9)7-13-11-6-14-17(8-11)4-5-18-3/h6,8,13H,4-5,7H2,1-3H3,(H,15,16). The van der Waals surface area contributed by atoms with Crippen LogP contribution in [0.3, 0.4) is 0 Å². The minimum absolute atomic E-state index is 0.668. The highest BCUT2D eigenvalue weighted by Gasteiger charge is 2.06. The second kappa shape index (κ2) is 5.68. The summed E-state index contributed by atoms with van der Waals surface area (Å²) >= 11 is 0. The third-order valence-corrected chi connectivity index (χ3v) is 2.91. The molecule has 0 aliphatic heterocycles. The molecule has 0 bridgehead atoms. The fourth-order valence-electron chi connectivity index (χ4n) is 1.79. The molecule has 0 saturated heterocycles. The highest BCUT2D eigenvalue weighted by molar-refractivity contribution is 5.40. The van der Waals surface area contributed by atoms with Gasteiger partial charge in [0.1, 0.15) is 0 Å². The molecule has 0 radical (unpaired) electrons. The minimum atomic E-state index is 0.668. The summed E-state index contributed by atoms with van der Waals surface area (Å²) in [4.78, 5) is 0. The van der Waals surface area contributed by atoms with Gasteiger partial charge in [0.25, 0.3) is 0 Å². The Morgan fingerprint density at radius 1 is 1.44 bits per heavy atom. The molecule has 2 rings (SSSR count). The molecule has 0 saturated carbocycles. The topological polar surface area (TPSA) is 67.8 Å². The molecule has 0 aliphatic carbocycles. The van der Waals surface area contributed by atoms with Crippen LogP contribution in [0, 0.1) is 13.8 Å². The van der Waals surface area contributed by atoms with E-state index in [-0.39, 0.29) is 0 Å². The molecule has 2 N–H and O–H groups in total. The number of aryl methyl sites for hydroxylation is 2. The Morgan fingerprint density at radius 3 is 2.94 bits per heavy atom. The largest absolute Gasteiger partial charge is 0.383 e. The number of nitrogens with zero attached hydrogens (tertiary/aromatic N) is 3. The first kappa shape index (κ1) is 12.6. The van der Waals surface area contributed by atoms with Crippen LogP contribution in [-0.4, -0.2) is 33.7 Å². The average molecular weight is 249 g/mol. The fraction of sp³-hybridized carbons (Fsp3) is 0.500. The second-order valence-electron chi connectivity index (χ2n) is 4.25. The maximum absolute atomic E-state index is 5.01. The van der Waals surface area contributed by atoms with Crippen molar-refractivity contribution < 1.29 is 4.74 Å². The van der Waals surface area contributed by atoms with E-state index in [1.807, 2.05) is 30.9 Å². The van der Waals surface area contributed by atoms with Gasteiger partial charge in [-0.15, -0.1) is 0 Å². The molecule has 0 amide bonds. The number of aromatic amines is 1. The summed E-state index contributed by atoms with van der Waals surface area (Å²) in [7, 11) is 1.69.